The summed E-state index contributed by atoms with van der Waals surface area (Å²) in [7, 11) is 0. The fraction of sp³-hybridized carbons (Fsp3) is 0.636. The topological polar surface area (TPSA) is 97.1 Å². The molecule has 0 radical (unpaired) electrons. The summed E-state index contributed by atoms with van der Waals surface area (Å²) in [5, 5.41) is 18.9. The Morgan fingerprint density at radius 1 is 1.44 bits per heavy atom. The number of nitrogens with zero attached hydrogens (tertiary/aromatic N) is 3. The molecule has 18 heavy (non-hydrogen) atoms. The highest BCUT2D eigenvalue weighted by Crippen LogP contribution is 2.06. The van der Waals surface area contributed by atoms with Crippen molar-refractivity contribution in [3.05, 3.63) is 11.4 Å². The molecule has 0 bridgehead atoms. The van der Waals surface area contributed by atoms with Crippen LogP contribution >= 0.6 is 0 Å². The van der Waals surface area contributed by atoms with Crippen molar-refractivity contribution < 1.29 is 14.7 Å². The number of carboxylic acid groups (broad SMARTS) is 1. The predicted molar refractivity (Wildman–Crippen MR) is 64.2 cm³/mol. The van der Waals surface area contributed by atoms with Crippen LogP contribution in [0.15, 0.2) is 0 Å². The molecule has 0 saturated carbocycles. The van der Waals surface area contributed by atoms with Crippen LogP contribution in [-0.4, -0.2) is 38.5 Å². The van der Waals surface area contributed by atoms with Crippen molar-refractivity contribution in [2.45, 2.75) is 33.7 Å². The average molecular weight is 254 g/mol. The predicted octanol–water partition coefficient (Wildman–Crippen LogP) is 0.311. The molecule has 1 aromatic heterocycles. The standard InChI is InChI=1S/C11H18N4O3/c1-4-8-10(11(17)18)13-14-15(8)6-9(16)12-5-7(2)3/h7H,4-6H2,1-3H3,(H,12,16)(H,17,18). The number of nitrogens with one attached hydrogen (secondary N) is 1. The van der Waals surface area contributed by atoms with Gasteiger partial charge in [-0.3, -0.25) is 4.79 Å². The maximum Gasteiger partial charge on any atom is 0.358 e. The fourth-order valence-electron chi connectivity index (χ4n) is 1.49. The van der Waals surface area contributed by atoms with Gasteiger partial charge in [-0.1, -0.05) is 26.0 Å². The van der Waals surface area contributed by atoms with Crippen molar-refractivity contribution in [2.75, 3.05) is 6.54 Å². The maximum absolute atomic E-state index is 11.6. The van der Waals surface area contributed by atoms with Crippen LogP contribution in [0.2, 0.25) is 0 Å². The molecule has 0 spiro atoms. The van der Waals surface area contributed by atoms with Crippen molar-refractivity contribution in [1.82, 2.24) is 20.3 Å². The van der Waals surface area contributed by atoms with Gasteiger partial charge in [0.1, 0.15) is 6.54 Å². The Morgan fingerprint density at radius 3 is 2.61 bits per heavy atom. The van der Waals surface area contributed by atoms with Crippen molar-refractivity contribution in [2.24, 2.45) is 5.92 Å². The number of aromatic nitrogens is 3. The molecule has 0 aliphatic carbocycles. The summed E-state index contributed by atoms with van der Waals surface area (Å²) < 4.78 is 1.33. The van der Waals surface area contributed by atoms with E-state index in [1.54, 1.807) is 6.92 Å². The summed E-state index contributed by atoms with van der Waals surface area (Å²) in [6, 6.07) is 0. The third-order valence-electron chi connectivity index (χ3n) is 2.38. The SMILES string of the molecule is CCc1c(C(=O)O)nnn1CC(=O)NCC(C)C. The first-order valence-corrected chi connectivity index (χ1v) is 5.88. The number of carbonyl (C=O) groups excluding carboxylic acids is 1. The van der Waals surface area contributed by atoms with Crippen molar-refractivity contribution in [3.63, 3.8) is 0 Å². The largest absolute Gasteiger partial charge is 0.476 e. The summed E-state index contributed by atoms with van der Waals surface area (Å²) in [4.78, 5) is 22.5. The molecule has 0 aromatic carbocycles. The molecule has 0 saturated heterocycles. The zero-order chi connectivity index (χ0) is 13.7. The van der Waals surface area contributed by atoms with E-state index >= 15 is 0 Å². The molecule has 0 aliphatic rings. The molecule has 1 rings (SSSR count). The van der Waals surface area contributed by atoms with Crippen LogP contribution in [0.4, 0.5) is 0 Å². The monoisotopic (exact) mass is 254 g/mol. The van der Waals surface area contributed by atoms with E-state index in [1.807, 2.05) is 13.8 Å². The van der Waals surface area contributed by atoms with Crippen LogP contribution in [-0.2, 0) is 17.8 Å². The molecule has 1 heterocycles. The van der Waals surface area contributed by atoms with E-state index in [0.29, 0.717) is 24.6 Å². The molecule has 100 valence electrons. The normalized spacial score (nSPS) is 10.7. The minimum Gasteiger partial charge on any atom is -0.476 e. The minimum absolute atomic E-state index is 0.00380. The van der Waals surface area contributed by atoms with E-state index in [-0.39, 0.29) is 18.1 Å². The molecule has 7 heteroatoms. The van der Waals surface area contributed by atoms with Crippen LogP contribution < -0.4 is 5.32 Å². The van der Waals surface area contributed by atoms with E-state index in [2.05, 4.69) is 15.6 Å². The summed E-state index contributed by atoms with van der Waals surface area (Å²) >= 11 is 0. The lowest BCUT2D eigenvalue weighted by molar-refractivity contribution is -0.122. The first kappa shape index (κ1) is 14.1. The average Bonchev–Trinajstić information content (AvgIpc) is 2.69. The number of carbonyl (C=O) groups is 2. The summed E-state index contributed by atoms with van der Waals surface area (Å²) in [6.45, 7) is 6.37. The molecular formula is C11H18N4O3. The Balaban J connectivity index is 2.73. The molecule has 0 aliphatic heterocycles. The third-order valence-corrected chi connectivity index (χ3v) is 2.38. The Hall–Kier alpha value is -1.92. The van der Waals surface area contributed by atoms with Crippen molar-refractivity contribution >= 4 is 11.9 Å². The van der Waals surface area contributed by atoms with Gasteiger partial charge in [0.25, 0.3) is 0 Å². The Bertz CT molecular complexity index is 439. The van der Waals surface area contributed by atoms with Crippen LogP contribution in [0.1, 0.15) is 37.0 Å². The molecule has 2 N–H and O–H groups in total. The van der Waals surface area contributed by atoms with Gasteiger partial charge in [-0.15, -0.1) is 5.10 Å². The van der Waals surface area contributed by atoms with E-state index in [9.17, 15) is 9.59 Å². The summed E-state index contributed by atoms with van der Waals surface area (Å²) in [6.07, 6.45) is 0.464. The highest BCUT2D eigenvalue weighted by molar-refractivity contribution is 5.86. The Kier molecular flexibility index (Phi) is 4.82. The van der Waals surface area contributed by atoms with Crippen LogP contribution in [0.5, 0.6) is 0 Å². The fourth-order valence-corrected chi connectivity index (χ4v) is 1.49. The summed E-state index contributed by atoms with van der Waals surface area (Å²) in [5.41, 5.74) is 0.372. The van der Waals surface area contributed by atoms with Crippen LogP contribution in [0.3, 0.4) is 0 Å². The Labute approximate surface area is 105 Å². The number of hydrogen-bond donors (Lipinski definition) is 2. The first-order valence-electron chi connectivity index (χ1n) is 5.88. The van der Waals surface area contributed by atoms with Gasteiger partial charge in [0.15, 0.2) is 5.69 Å². The molecule has 0 unspecified atom stereocenters. The van der Waals surface area contributed by atoms with E-state index in [1.165, 1.54) is 4.68 Å². The number of aromatic carboxylic acids is 1. The Morgan fingerprint density at radius 2 is 2.11 bits per heavy atom. The van der Waals surface area contributed by atoms with Gasteiger partial charge in [-0.05, 0) is 12.3 Å². The maximum atomic E-state index is 11.6. The second-order valence-electron chi connectivity index (χ2n) is 4.40. The number of amides is 1. The lowest BCUT2D eigenvalue weighted by Gasteiger charge is -2.08. The van der Waals surface area contributed by atoms with Gasteiger partial charge < -0.3 is 10.4 Å². The second kappa shape index (κ2) is 6.13. The summed E-state index contributed by atoms with van der Waals surface area (Å²) in [5.74, 6) is -0.953. The molecule has 0 atom stereocenters. The van der Waals surface area contributed by atoms with E-state index < -0.39 is 5.97 Å². The van der Waals surface area contributed by atoms with Gasteiger partial charge in [-0.25, -0.2) is 9.48 Å². The highest BCUT2D eigenvalue weighted by Gasteiger charge is 2.18. The molecule has 7 nitrogen and oxygen atoms in total. The molecule has 1 aromatic rings. The minimum atomic E-state index is -1.12. The van der Waals surface area contributed by atoms with Gasteiger partial charge >= 0.3 is 5.97 Å². The number of carboxylic acids is 1. The quantitative estimate of drug-likeness (QED) is 0.761. The van der Waals surface area contributed by atoms with Gasteiger partial charge in [0, 0.05) is 6.54 Å². The van der Waals surface area contributed by atoms with E-state index in [0.717, 1.165) is 0 Å². The van der Waals surface area contributed by atoms with Crippen molar-refractivity contribution in [1.29, 1.82) is 0 Å². The molecular weight excluding hydrogens is 236 g/mol. The smallest absolute Gasteiger partial charge is 0.358 e. The molecule has 0 fully saturated rings. The van der Waals surface area contributed by atoms with E-state index in [4.69, 9.17) is 5.11 Å². The molecule has 1 amide bonds. The lowest BCUT2D eigenvalue weighted by Crippen LogP contribution is -2.31. The van der Waals surface area contributed by atoms with Gasteiger partial charge in [0.2, 0.25) is 5.91 Å². The third kappa shape index (κ3) is 3.54. The zero-order valence-corrected chi connectivity index (χ0v) is 10.8. The lowest BCUT2D eigenvalue weighted by atomic mass is 10.2. The zero-order valence-electron chi connectivity index (χ0n) is 10.8. The van der Waals surface area contributed by atoms with Crippen LogP contribution in [0, 0.1) is 5.92 Å². The van der Waals surface area contributed by atoms with Crippen LogP contribution in [0.25, 0.3) is 0 Å². The second-order valence-corrected chi connectivity index (χ2v) is 4.40. The highest BCUT2D eigenvalue weighted by atomic mass is 16.4. The van der Waals surface area contributed by atoms with Crippen molar-refractivity contribution in [3.8, 4) is 0 Å². The number of rotatable bonds is 6. The van der Waals surface area contributed by atoms with Gasteiger partial charge in [-0.2, -0.15) is 0 Å². The number of hydrogen-bond acceptors (Lipinski definition) is 4. The van der Waals surface area contributed by atoms with Gasteiger partial charge in [0.05, 0.1) is 5.69 Å². The first-order chi connectivity index (χ1) is 8.45.